The first-order valence-electron chi connectivity index (χ1n) is 15.0. The summed E-state index contributed by atoms with van der Waals surface area (Å²) < 4.78 is 30.8. The predicted octanol–water partition coefficient (Wildman–Crippen LogP) is 8.53. The first-order chi connectivity index (χ1) is 23.3. The molecule has 5 aromatic rings. The van der Waals surface area contributed by atoms with E-state index in [4.69, 9.17) is 28.4 Å². The van der Waals surface area contributed by atoms with Gasteiger partial charge in [-0.05, 0) is 96.8 Å². The molecule has 0 saturated carbocycles. The summed E-state index contributed by atoms with van der Waals surface area (Å²) in [7, 11) is 0. The van der Waals surface area contributed by atoms with E-state index < -0.39 is 24.2 Å². The fourth-order valence-corrected chi connectivity index (χ4v) is 4.45. The molecule has 0 aliphatic heterocycles. The van der Waals surface area contributed by atoms with E-state index in [2.05, 4.69) is 0 Å². The molecular formula is C38H30O10. The van der Waals surface area contributed by atoms with Crippen LogP contribution >= 0.6 is 0 Å². The van der Waals surface area contributed by atoms with Gasteiger partial charge in [-0.2, -0.15) is 0 Å². The van der Waals surface area contributed by atoms with E-state index in [1.54, 1.807) is 129 Å². The summed E-state index contributed by atoms with van der Waals surface area (Å²) in [5.41, 5.74) is 4.04. The molecule has 0 N–H and O–H groups in total. The molecule has 10 heteroatoms. The number of rotatable bonds is 10. The average molecular weight is 647 g/mol. The largest absolute Gasteiger partial charge is 0.513 e. The highest BCUT2D eigenvalue weighted by molar-refractivity contribution is 5.93. The molecule has 10 nitrogen and oxygen atoms in total. The van der Waals surface area contributed by atoms with Crippen LogP contribution in [0.1, 0.15) is 34.6 Å². The van der Waals surface area contributed by atoms with Crippen LogP contribution in [0.4, 0.5) is 9.59 Å². The third-order valence-electron chi connectivity index (χ3n) is 6.77. The molecule has 0 aliphatic carbocycles. The molecule has 0 atom stereocenters. The molecule has 0 spiro atoms. The molecule has 0 heterocycles. The van der Waals surface area contributed by atoms with Gasteiger partial charge in [0.15, 0.2) is 0 Å². The lowest BCUT2D eigenvalue weighted by Crippen LogP contribution is -2.10. The topological polar surface area (TPSA) is 124 Å². The number of benzene rings is 5. The zero-order valence-corrected chi connectivity index (χ0v) is 26.0. The van der Waals surface area contributed by atoms with E-state index in [1.807, 2.05) is 0 Å². The zero-order chi connectivity index (χ0) is 33.9. The van der Waals surface area contributed by atoms with E-state index in [-0.39, 0.29) is 24.7 Å². The van der Waals surface area contributed by atoms with Crippen LogP contribution in [0.5, 0.6) is 23.0 Å². The standard InChI is InChI=1S/C38H30O10/c1-3-43-37(41)47-31-20-16-27(17-21-31)25-8-12-29(13-9-25)35(39)45-33-6-5-7-34(24-33)46-36(40)30-14-10-26(11-15-30)28-18-22-32(23-19-28)48-38(42)44-4-2/h5-24H,3-4H2,1-2H3. The smallest absolute Gasteiger partial charge is 0.434 e. The number of esters is 2. The summed E-state index contributed by atoms with van der Waals surface area (Å²) in [5, 5.41) is 0. The van der Waals surface area contributed by atoms with Crippen molar-refractivity contribution in [1.29, 1.82) is 0 Å². The number of hydrogen-bond donors (Lipinski definition) is 0. The predicted molar refractivity (Wildman–Crippen MR) is 175 cm³/mol. The van der Waals surface area contributed by atoms with Gasteiger partial charge >= 0.3 is 24.2 Å². The molecule has 0 aromatic heterocycles. The van der Waals surface area contributed by atoms with E-state index in [0.29, 0.717) is 22.6 Å². The molecule has 5 aromatic carbocycles. The number of carbonyl (C=O) groups is 4. The van der Waals surface area contributed by atoms with Gasteiger partial charge in [-0.3, -0.25) is 0 Å². The third kappa shape index (κ3) is 8.85. The van der Waals surface area contributed by atoms with Crippen molar-refractivity contribution in [3.05, 3.63) is 132 Å². The molecule has 0 bridgehead atoms. The minimum Gasteiger partial charge on any atom is -0.434 e. The summed E-state index contributed by atoms with van der Waals surface area (Å²) in [6, 6.07) is 33.6. The summed E-state index contributed by atoms with van der Waals surface area (Å²) in [4.78, 5) is 48.7. The minimum atomic E-state index is -0.770. The van der Waals surface area contributed by atoms with Crippen molar-refractivity contribution in [2.24, 2.45) is 0 Å². The number of hydrogen-bond acceptors (Lipinski definition) is 10. The maximum Gasteiger partial charge on any atom is 0.513 e. The average Bonchev–Trinajstić information content (AvgIpc) is 3.09. The molecule has 0 fully saturated rings. The van der Waals surface area contributed by atoms with E-state index >= 15 is 0 Å². The quantitative estimate of drug-likeness (QED) is 0.0828. The normalized spacial score (nSPS) is 10.4. The Hall–Kier alpha value is -6.42. The maximum atomic E-state index is 12.8. The van der Waals surface area contributed by atoms with Crippen LogP contribution < -0.4 is 18.9 Å². The van der Waals surface area contributed by atoms with Gasteiger partial charge in [-0.1, -0.05) is 54.6 Å². The van der Waals surface area contributed by atoms with Gasteiger partial charge in [-0.25, -0.2) is 19.2 Å². The lowest BCUT2D eigenvalue weighted by Gasteiger charge is -2.09. The van der Waals surface area contributed by atoms with Crippen LogP contribution in [-0.4, -0.2) is 37.5 Å². The molecule has 242 valence electrons. The zero-order valence-electron chi connectivity index (χ0n) is 26.0. The van der Waals surface area contributed by atoms with Gasteiger partial charge < -0.3 is 28.4 Å². The monoisotopic (exact) mass is 646 g/mol. The van der Waals surface area contributed by atoms with E-state index in [1.165, 1.54) is 6.07 Å². The Kier molecular flexibility index (Phi) is 10.8. The fraction of sp³-hybridized carbons (Fsp3) is 0.105. The Morgan fingerprint density at radius 1 is 0.417 bits per heavy atom. The van der Waals surface area contributed by atoms with Gasteiger partial charge in [0.05, 0.1) is 24.3 Å². The molecule has 0 amide bonds. The second-order valence-corrected chi connectivity index (χ2v) is 10.0. The fourth-order valence-electron chi connectivity index (χ4n) is 4.45. The summed E-state index contributed by atoms with van der Waals surface area (Å²) >= 11 is 0. The van der Waals surface area contributed by atoms with Gasteiger partial charge in [0.1, 0.15) is 23.0 Å². The van der Waals surface area contributed by atoms with Crippen LogP contribution in [0.3, 0.4) is 0 Å². The summed E-state index contributed by atoms with van der Waals surface area (Å²) in [6.45, 7) is 3.83. The second kappa shape index (κ2) is 15.7. The van der Waals surface area contributed by atoms with Crippen molar-refractivity contribution in [2.45, 2.75) is 13.8 Å². The molecular weight excluding hydrogens is 616 g/mol. The van der Waals surface area contributed by atoms with Crippen LogP contribution in [-0.2, 0) is 9.47 Å². The summed E-state index contributed by atoms with van der Waals surface area (Å²) in [6.07, 6.45) is -1.54. The Morgan fingerprint density at radius 2 is 0.750 bits per heavy atom. The van der Waals surface area contributed by atoms with Gasteiger partial charge in [-0.15, -0.1) is 0 Å². The summed E-state index contributed by atoms with van der Waals surface area (Å²) in [5.74, 6) is -0.0492. The van der Waals surface area contributed by atoms with Gasteiger partial charge in [0, 0.05) is 6.07 Å². The van der Waals surface area contributed by atoms with Crippen molar-refractivity contribution in [1.82, 2.24) is 0 Å². The highest BCUT2D eigenvalue weighted by Crippen LogP contribution is 2.26. The Bertz CT molecular complexity index is 1740. The SMILES string of the molecule is CCOC(=O)Oc1ccc(-c2ccc(C(=O)Oc3cccc(OC(=O)c4ccc(-c5ccc(OC(=O)OCC)cc5)cc4)c3)cc2)cc1. The Morgan fingerprint density at radius 3 is 1.08 bits per heavy atom. The first kappa shape index (κ1) is 33.0. The van der Waals surface area contributed by atoms with E-state index in [9.17, 15) is 19.2 Å². The van der Waals surface area contributed by atoms with Crippen LogP contribution in [0.15, 0.2) is 121 Å². The molecule has 5 rings (SSSR count). The van der Waals surface area contributed by atoms with E-state index in [0.717, 1.165) is 22.3 Å². The third-order valence-corrected chi connectivity index (χ3v) is 6.77. The van der Waals surface area contributed by atoms with Gasteiger partial charge in [0.2, 0.25) is 0 Å². The van der Waals surface area contributed by atoms with Crippen molar-refractivity contribution < 1.29 is 47.6 Å². The maximum absolute atomic E-state index is 12.8. The molecule has 48 heavy (non-hydrogen) atoms. The highest BCUT2D eigenvalue weighted by Gasteiger charge is 2.14. The molecule has 0 saturated heterocycles. The first-order valence-corrected chi connectivity index (χ1v) is 15.0. The lowest BCUT2D eigenvalue weighted by atomic mass is 10.0. The minimum absolute atomic E-state index is 0.206. The number of ether oxygens (including phenoxy) is 6. The van der Waals surface area contributed by atoms with Crippen molar-refractivity contribution in [3.8, 4) is 45.3 Å². The second-order valence-electron chi connectivity index (χ2n) is 10.0. The molecule has 0 aliphatic rings. The highest BCUT2D eigenvalue weighted by atomic mass is 16.7. The van der Waals surface area contributed by atoms with Crippen molar-refractivity contribution in [3.63, 3.8) is 0 Å². The molecule has 0 radical (unpaired) electrons. The van der Waals surface area contributed by atoms with Crippen LogP contribution in [0.25, 0.3) is 22.3 Å². The van der Waals surface area contributed by atoms with Crippen molar-refractivity contribution >= 4 is 24.2 Å². The van der Waals surface area contributed by atoms with Crippen molar-refractivity contribution in [2.75, 3.05) is 13.2 Å². The molecule has 0 unspecified atom stereocenters. The van der Waals surface area contributed by atoms with Crippen LogP contribution in [0, 0.1) is 0 Å². The van der Waals surface area contributed by atoms with Crippen LogP contribution in [0.2, 0.25) is 0 Å². The Labute approximate surface area is 276 Å². The number of carbonyl (C=O) groups excluding carboxylic acids is 4. The Balaban J connectivity index is 1.15. The van der Waals surface area contributed by atoms with Gasteiger partial charge in [0.25, 0.3) is 0 Å². The lowest BCUT2D eigenvalue weighted by molar-refractivity contribution is 0.0731.